The molecule has 162 valence electrons. The maximum Gasteiger partial charge on any atom is 0.269 e. The Morgan fingerprint density at radius 2 is 1.87 bits per heavy atom. The summed E-state index contributed by atoms with van der Waals surface area (Å²) in [5.74, 6) is -0.683. The third-order valence-corrected chi connectivity index (χ3v) is 7.12. The van der Waals surface area contributed by atoms with Crippen LogP contribution in [0.5, 0.6) is 0 Å². The number of carbonyl (C=O) groups excluding carboxylic acids is 3. The highest BCUT2D eigenvalue weighted by Crippen LogP contribution is 2.33. The zero-order valence-electron chi connectivity index (χ0n) is 16.4. The molecule has 10 heteroatoms. The van der Waals surface area contributed by atoms with Crippen LogP contribution >= 0.6 is 51.2 Å². The Morgan fingerprint density at radius 1 is 1.10 bits per heavy atom. The Hall–Kier alpha value is -2.01. The number of thiophene rings is 1. The zero-order chi connectivity index (χ0) is 22.2. The molecule has 1 aliphatic rings. The lowest BCUT2D eigenvalue weighted by Gasteiger charge is -2.14. The average Bonchev–Trinajstić information content (AvgIpc) is 3.35. The van der Waals surface area contributed by atoms with E-state index in [9.17, 15) is 14.4 Å². The van der Waals surface area contributed by atoms with Gasteiger partial charge in [0, 0.05) is 27.9 Å². The van der Waals surface area contributed by atoms with Crippen LogP contribution in [0.1, 0.15) is 40.9 Å². The first-order chi connectivity index (χ1) is 14.9. The van der Waals surface area contributed by atoms with Gasteiger partial charge in [0.15, 0.2) is 0 Å². The summed E-state index contributed by atoms with van der Waals surface area (Å²) >= 11 is 11.5. The molecule has 2 N–H and O–H groups in total. The highest BCUT2D eigenvalue weighted by Gasteiger charge is 2.31. The maximum atomic E-state index is 12.5. The number of amides is 3. The van der Waals surface area contributed by atoms with Gasteiger partial charge in [-0.2, -0.15) is 0 Å². The summed E-state index contributed by atoms with van der Waals surface area (Å²) in [6.45, 7) is 0.536. The first-order valence-electron chi connectivity index (χ1n) is 9.57. The Kier molecular flexibility index (Phi) is 8.82. The van der Waals surface area contributed by atoms with Crippen LogP contribution in [-0.4, -0.2) is 33.5 Å². The second-order valence-corrected chi connectivity index (χ2v) is 10.2. The van der Waals surface area contributed by atoms with Gasteiger partial charge in [-0.05, 0) is 54.6 Å². The molecular formula is C21H20BrN3O3S3. The average molecular weight is 539 g/mol. The minimum atomic E-state index is -0.370. The van der Waals surface area contributed by atoms with Gasteiger partial charge in [0.1, 0.15) is 4.32 Å². The molecule has 3 amide bonds. The molecule has 2 heterocycles. The fourth-order valence-corrected chi connectivity index (χ4v) is 5.09. The molecule has 1 aromatic carbocycles. The number of carbonyl (C=O) groups is 3. The summed E-state index contributed by atoms with van der Waals surface area (Å²) < 4.78 is 1.44. The molecule has 31 heavy (non-hydrogen) atoms. The topological polar surface area (TPSA) is 78.5 Å². The van der Waals surface area contributed by atoms with Gasteiger partial charge >= 0.3 is 0 Å². The predicted molar refractivity (Wildman–Crippen MR) is 132 cm³/mol. The molecule has 3 rings (SSSR count). The van der Waals surface area contributed by atoms with Crippen molar-refractivity contribution in [1.82, 2.24) is 15.8 Å². The van der Waals surface area contributed by atoms with Crippen molar-refractivity contribution in [3.8, 4) is 0 Å². The van der Waals surface area contributed by atoms with E-state index in [1.165, 1.54) is 11.8 Å². The number of nitrogens with one attached hydrogen (secondary N) is 2. The van der Waals surface area contributed by atoms with Crippen LogP contribution in [0.3, 0.4) is 0 Å². The highest BCUT2D eigenvalue weighted by atomic mass is 79.9. The normalized spacial score (nSPS) is 14.9. The Balaban J connectivity index is 1.33. The molecule has 0 aliphatic carbocycles. The molecule has 0 unspecified atom stereocenters. The Morgan fingerprint density at radius 3 is 2.58 bits per heavy atom. The zero-order valence-corrected chi connectivity index (χ0v) is 20.5. The fourth-order valence-electron chi connectivity index (χ4n) is 2.79. The maximum absolute atomic E-state index is 12.5. The first kappa shape index (κ1) is 23.6. The summed E-state index contributed by atoms with van der Waals surface area (Å²) in [6, 6.07) is 10.7. The van der Waals surface area contributed by atoms with Crippen LogP contribution in [-0.2, 0) is 9.59 Å². The molecular weight excluding hydrogens is 518 g/mol. The Labute approximate surface area is 202 Å². The van der Waals surface area contributed by atoms with Crippen molar-refractivity contribution in [2.24, 2.45) is 0 Å². The molecule has 6 nitrogen and oxygen atoms in total. The van der Waals surface area contributed by atoms with Gasteiger partial charge in [-0.1, -0.05) is 52.4 Å². The van der Waals surface area contributed by atoms with E-state index in [0.29, 0.717) is 27.8 Å². The van der Waals surface area contributed by atoms with E-state index in [1.54, 1.807) is 40.5 Å². The second kappa shape index (κ2) is 11.6. The molecule has 1 saturated heterocycles. The summed E-state index contributed by atoms with van der Waals surface area (Å²) in [4.78, 5) is 39.7. The van der Waals surface area contributed by atoms with Crippen LogP contribution in [0.4, 0.5) is 0 Å². The van der Waals surface area contributed by atoms with Gasteiger partial charge in [0.05, 0.1) is 4.91 Å². The summed E-state index contributed by atoms with van der Waals surface area (Å²) in [5.41, 5.74) is 5.29. The van der Waals surface area contributed by atoms with Crippen molar-refractivity contribution in [3.63, 3.8) is 0 Å². The minimum Gasteiger partial charge on any atom is -0.293 e. The van der Waals surface area contributed by atoms with E-state index in [4.69, 9.17) is 12.2 Å². The quantitative estimate of drug-likeness (QED) is 0.220. The predicted octanol–water partition coefficient (Wildman–Crippen LogP) is 4.73. The van der Waals surface area contributed by atoms with E-state index < -0.39 is 0 Å². The van der Waals surface area contributed by atoms with Crippen molar-refractivity contribution < 1.29 is 14.4 Å². The summed E-state index contributed by atoms with van der Waals surface area (Å²) in [7, 11) is 0. The standard InChI is InChI=1S/C21H20BrN3O3S3/c22-15-9-7-14(8-10-15)19(27)24-23-18(26)6-2-1-3-11-25-20(28)17(31-21(25)29)13-16-5-4-12-30-16/h4-5,7-10,12-13H,1-3,6,11H2,(H,23,26)(H,24,27)/b17-13+. The third kappa shape index (κ3) is 6.99. The SMILES string of the molecule is O=C(CCCCCN1C(=O)/C(=C\c2cccs2)SC1=S)NNC(=O)c1ccc(Br)cc1. The van der Waals surface area contributed by atoms with Crippen molar-refractivity contribution in [2.45, 2.75) is 25.7 Å². The highest BCUT2D eigenvalue weighted by molar-refractivity contribution is 9.10. The van der Waals surface area contributed by atoms with Crippen LogP contribution in [0.25, 0.3) is 6.08 Å². The van der Waals surface area contributed by atoms with Crippen LogP contribution in [0.2, 0.25) is 0 Å². The number of nitrogens with zero attached hydrogens (tertiary/aromatic N) is 1. The lowest BCUT2D eigenvalue weighted by molar-refractivity contribution is -0.123. The van der Waals surface area contributed by atoms with E-state index >= 15 is 0 Å². The van der Waals surface area contributed by atoms with Crippen molar-refractivity contribution >= 4 is 79.4 Å². The van der Waals surface area contributed by atoms with Gasteiger partial charge in [0.25, 0.3) is 11.8 Å². The molecule has 1 aromatic heterocycles. The molecule has 0 bridgehead atoms. The lowest BCUT2D eigenvalue weighted by atomic mass is 10.2. The molecule has 0 atom stereocenters. The number of rotatable bonds is 8. The molecule has 0 saturated carbocycles. The minimum absolute atomic E-state index is 0.0585. The van der Waals surface area contributed by atoms with Crippen LogP contribution < -0.4 is 10.9 Å². The molecule has 1 fully saturated rings. The van der Waals surface area contributed by atoms with E-state index in [0.717, 1.165) is 22.2 Å². The number of benzene rings is 1. The van der Waals surface area contributed by atoms with Crippen molar-refractivity contribution in [2.75, 3.05) is 6.54 Å². The molecule has 1 aliphatic heterocycles. The van der Waals surface area contributed by atoms with E-state index in [-0.39, 0.29) is 24.1 Å². The number of hydrogen-bond acceptors (Lipinski definition) is 6. The van der Waals surface area contributed by atoms with Crippen molar-refractivity contribution in [3.05, 3.63) is 61.6 Å². The lowest BCUT2D eigenvalue weighted by Crippen LogP contribution is -2.41. The molecule has 2 aromatic rings. The van der Waals surface area contributed by atoms with Gasteiger partial charge in [-0.25, -0.2) is 0 Å². The molecule has 0 spiro atoms. The van der Waals surface area contributed by atoms with E-state index in [1.807, 2.05) is 23.6 Å². The van der Waals surface area contributed by atoms with Crippen molar-refractivity contribution in [1.29, 1.82) is 0 Å². The number of thiocarbonyl (C=S) groups is 1. The first-order valence-corrected chi connectivity index (χ1v) is 12.5. The number of unbranched alkanes of at least 4 members (excludes halogenated alkanes) is 2. The van der Waals surface area contributed by atoms with Gasteiger partial charge in [-0.15, -0.1) is 11.3 Å². The smallest absolute Gasteiger partial charge is 0.269 e. The van der Waals surface area contributed by atoms with Crippen LogP contribution in [0.15, 0.2) is 51.2 Å². The Bertz CT molecular complexity index is 991. The third-order valence-electron chi connectivity index (χ3n) is 4.40. The fraction of sp³-hybridized carbons (Fsp3) is 0.238. The van der Waals surface area contributed by atoms with Gasteiger partial charge in [-0.3, -0.25) is 30.1 Å². The number of halogens is 1. The largest absolute Gasteiger partial charge is 0.293 e. The van der Waals surface area contributed by atoms with Gasteiger partial charge < -0.3 is 0 Å². The second-order valence-electron chi connectivity index (χ2n) is 6.67. The number of thioether (sulfide) groups is 1. The summed E-state index contributed by atoms with van der Waals surface area (Å²) in [6.07, 6.45) is 4.33. The van der Waals surface area contributed by atoms with Crippen LogP contribution in [0, 0.1) is 0 Å². The summed E-state index contributed by atoms with van der Waals surface area (Å²) in [5, 5.41) is 1.97. The van der Waals surface area contributed by atoms with E-state index in [2.05, 4.69) is 26.8 Å². The number of hydrazine groups is 1. The monoisotopic (exact) mass is 537 g/mol. The number of hydrogen-bond donors (Lipinski definition) is 2. The van der Waals surface area contributed by atoms with Gasteiger partial charge in [0.2, 0.25) is 5.91 Å². The molecule has 0 radical (unpaired) electrons.